The molecule has 7 heteroatoms. The lowest BCUT2D eigenvalue weighted by Crippen LogP contribution is -2.19. The SMILES string of the molecule is Cc1cc(C)c(NC2C=CC(C=Cc3cc(C(F)(F)F)ccc3C(F)(F)F)=CC2)c(C)c1. The van der Waals surface area contributed by atoms with Crippen LogP contribution in [0.25, 0.3) is 6.08 Å². The van der Waals surface area contributed by atoms with E-state index in [1.807, 2.05) is 32.9 Å². The van der Waals surface area contributed by atoms with Crippen LogP contribution in [0.1, 0.15) is 39.8 Å². The van der Waals surface area contributed by atoms with Crippen LogP contribution >= 0.6 is 0 Å². The minimum atomic E-state index is -4.75. The Morgan fingerprint density at radius 3 is 2.06 bits per heavy atom. The van der Waals surface area contributed by atoms with Crippen LogP contribution < -0.4 is 5.32 Å². The van der Waals surface area contributed by atoms with Gasteiger partial charge in [0, 0.05) is 11.7 Å². The number of anilines is 1. The zero-order chi connectivity index (χ0) is 23.7. The van der Waals surface area contributed by atoms with E-state index in [2.05, 4.69) is 17.4 Å². The Morgan fingerprint density at radius 1 is 0.875 bits per heavy atom. The van der Waals surface area contributed by atoms with Gasteiger partial charge in [-0.05, 0) is 67.7 Å². The number of rotatable bonds is 4. The van der Waals surface area contributed by atoms with Gasteiger partial charge in [0.25, 0.3) is 0 Å². The highest BCUT2D eigenvalue weighted by molar-refractivity contribution is 5.62. The van der Waals surface area contributed by atoms with Gasteiger partial charge in [0.15, 0.2) is 0 Å². The highest BCUT2D eigenvalue weighted by Gasteiger charge is 2.36. The molecule has 1 atom stereocenters. The van der Waals surface area contributed by atoms with E-state index in [4.69, 9.17) is 0 Å². The van der Waals surface area contributed by atoms with Crippen LogP contribution in [-0.4, -0.2) is 6.04 Å². The van der Waals surface area contributed by atoms with Crippen molar-refractivity contribution in [1.29, 1.82) is 0 Å². The van der Waals surface area contributed by atoms with Crippen molar-refractivity contribution in [2.75, 3.05) is 5.32 Å². The minimum absolute atomic E-state index is 0.00606. The van der Waals surface area contributed by atoms with Crippen molar-refractivity contribution in [1.82, 2.24) is 0 Å². The lowest BCUT2D eigenvalue weighted by molar-refractivity contribution is -0.141. The van der Waals surface area contributed by atoms with Gasteiger partial charge in [0.05, 0.1) is 11.1 Å². The average molecular weight is 451 g/mol. The Bertz CT molecular complexity index is 1060. The maximum atomic E-state index is 13.2. The molecule has 0 spiro atoms. The van der Waals surface area contributed by atoms with E-state index < -0.39 is 29.0 Å². The highest BCUT2D eigenvalue weighted by atomic mass is 19.4. The van der Waals surface area contributed by atoms with Crippen LogP contribution in [0, 0.1) is 20.8 Å². The molecule has 1 aliphatic rings. The van der Waals surface area contributed by atoms with E-state index in [9.17, 15) is 26.3 Å². The summed E-state index contributed by atoms with van der Waals surface area (Å²) in [7, 11) is 0. The first-order chi connectivity index (χ1) is 14.8. The van der Waals surface area contributed by atoms with E-state index >= 15 is 0 Å². The van der Waals surface area contributed by atoms with Crippen LogP contribution in [0.4, 0.5) is 32.0 Å². The summed E-state index contributed by atoms with van der Waals surface area (Å²) in [6, 6.07) is 5.62. The zero-order valence-corrected chi connectivity index (χ0v) is 17.8. The third-order valence-electron chi connectivity index (χ3n) is 5.27. The number of aryl methyl sites for hydroxylation is 3. The predicted octanol–water partition coefficient (Wildman–Crippen LogP) is 8.03. The normalized spacial score (nSPS) is 17.0. The van der Waals surface area contributed by atoms with Crippen LogP contribution in [0.3, 0.4) is 0 Å². The highest BCUT2D eigenvalue weighted by Crippen LogP contribution is 2.37. The Kier molecular flexibility index (Phi) is 6.58. The standard InChI is InChI=1S/C25H23F6N/c1-15-12-16(2)23(17(3)13-15)32-21-9-5-18(6-10-21)4-7-19-14-20(24(26,27)28)8-11-22(19)25(29,30)31/h4-9,11-14,21,32H,10H2,1-3H3. The molecule has 32 heavy (non-hydrogen) atoms. The molecule has 0 amide bonds. The number of alkyl halides is 6. The summed E-state index contributed by atoms with van der Waals surface area (Å²) < 4.78 is 78.6. The molecule has 1 nitrogen and oxygen atoms in total. The Balaban J connectivity index is 1.78. The summed E-state index contributed by atoms with van der Waals surface area (Å²) in [4.78, 5) is 0. The fraction of sp³-hybridized carbons (Fsp3) is 0.280. The van der Waals surface area contributed by atoms with Crippen molar-refractivity contribution in [3.8, 4) is 0 Å². The van der Waals surface area contributed by atoms with E-state index in [1.165, 1.54) is 11.6 Å². The Hall–Kier alpha value is -2.96. The first-order valence-corrected chi connectivity index (χ1v) is 10.0. The number of hydrogen-bond acceptors (Lipinski definition) is 1. The van der Waals surface area contributed by atoms with E-state index in [0.717, 1.165) is 22.9 Å². The van der Waals surface area contributed by atoms with Crippen molar-refractivity contribution in [3.05, 3.63) is 93.6 Å². The predicted molar refractivity (Wildman–Crippen MR) is 115 cm³/mol. The van der Waals surface area contributed by atoms with Gasteiger partial charge >= 0.3 is 12.4 Å². The van der Waals surface area contributed by atoms with Crippen LogP contribution in [0.5, 0.6) is 0 Å². The van der Waals surface area contributed by atoms with E-state index in [-0.39, 0.29) is 6.04 Å². The average Bonchev–Trinajstić information content (AvgIpc) is 2.68. The molecule has 0 radical (unpaired) electrons. The van der Waals surface area contributed by atoms with Gasteiger partial charge in [-0.25, -0.2) is 0 Å². The smallest absolute Gasteiger partial charge is 0.378 e. The van der Waals surface area contributed by atoms with Gasteiger partial charge < -0.3 is 5.32 Å². The molecule has 2 aromatic rings. The third-order valence-corrected chi connectivity index (χ3v) is 5.27. The van der Waals surface area contributed by atoms with Gasteiger partial charge in [0.1, 0.15) is 0 Å². The molecule has 0 aromatic heterocycles. The van der Waals surface area contributed by atoms with E-state index in [1.54, 1.807) is 6.08 Å². The molecule has 0 saturated carbocycles. The van der Waals surface area contributed by atoms with Crippen LogP contribution in [0.15, 0.2) is 60.2 Å². The Labute approximate surface area is 183 Å². The second-order valence-corrected chi connectivity index (χ2v) is 7.95. The molecule has 0 heterocycles. The van der Waals surface area contributed by atoms with Crippen LogP contribution in [0.2, 0.25) is 0 Å². The molecule has 2 aromatic carbocycles. The van der Waals surface area contributed by atoms with Gasteiger partial charge in [0.2, 0.25) is 0 Å². The van der Waals surface area contributed by atoms with Crippen molar-refractivity contribution in [2.24, 2.45) is 0 Å². The third kappa shape index (κ3) is 5.64. The molecule has 1 N–H and O–H groups in total. The molecule has 1 aliphatic carbocycles. The summed E-state index contributed by atoms with van der Waals surface area (Å²) >= 11 is 0. The largest absolute Gasteiger partial charge is 0.416 e. The minimum Gasteiger partial charge on any atom is -0.378 e. The number of halogens is 6. The van der Waals surface area contributed by atoms with Crippen LogP contribution in [-0.2, 0) is 12.4 Å². The second kappa shape index (κ2) is 8.88. The molecule has 1 unspecified atom stereocenters. The second-order valence-electron chi connectivity index (χ2n) is 7.95. The number of benzene rings is 2. The molecule has 0 bridgehead atoms. The molecule has 3 rings (SSSR count). The topological polar surface area (TPSA) is 12.0 Å². The molecular weight excluding hydrogens is 428 g/mol. The molecule has 170 valence electrons. The first-order valence-electron chi connectivity index (χ1n) is 10.0. The molecular formula is C25H23F6N. The number of nitrogens with one attached hydrogen (secondary N) is 1. The molecule has 0 aliphatic heterocycles. The summed E-state index contributed by atoms with van der Waals surface area (Å²) in [6.45, 7) is 6.07. The number of allylic oxidation sites excluding steroid dienone is 3. The Morgan fingerprint density at radius 2 is 1.53 bits per heavy atom. The van der Waals surface area contributed by atoms with Gasteiger partial charge in [-0.15, -0.1) is 0 Å². The zero-order valence-electron chi connectivity index (χ0n) is 17.8. The van der Waals surface area contributed by atoms with Gasteiger partial charge in [-0.1, -0.05) is 48.1 Å². The summed E-state index contributed by atoms with van der Waals surface area (Å²) in [5.41, 5.74) is 2.34. The summed E-state index contributed by atoms with van der Waals surface area (Å²) in [6.07, 6.45) is -0.907. The van der Waals surface area contributed by atoms with Crippen molar-refractivity contribution in [2.45, 2.75) is 45.6 Å². The van der Waals surface area contributed by atoms with Crippen molar-refractivity contribution >= 4 is 11.8 Å². The lowest BCUT2D eigenvalue weighted by Gasteiger charge is -2.21. The molecule has 0 fully saturated rings. The van der Waals surface area contributed by atoms with Gasteiger partial charge in [-0.2, -0.15) is 26.3 Å². The summed E-state index contributed by atoms with van der Waals surface area (Å²) in [5, 5.41) is 3.46. The lowest BCUT2D eigenvalue weighted by atomic mass is 9.98. The first kappa shape index (κ1) is 23.7. The fourth-order valence-electron chi connectivity index (χ4n) is 3.78. The van der Waals surface area contributed by atoms with Gasteiger partial charge in [-0.3, -0.25) is 0 Å². The quantitative estimate of drug-likeness (QED) is 0.464. The monoisotopic (exact) mass is 451 g/mol. The van der Waals surface area contributed by atoms with E-state index in [0.29, 0.717) is 30.2 Å². The van der Waals surface area contributed by atoms with Crippen molar-refractivity contribution in [3.63, 3.8) is 0 Å². The maximum absolute atomic E-state index is 13.2. The molecule has 0 saturated heterocycles. The fourth-order valence-corrected chi connectivity index (χ4v) is 3.78. The van der Waals surface area contributed by atoms with Crippen molar-refractivity contribution < 1.29 is 26.3 Å². The number of hydrogen-bond donors (Lipinski definition) is 1. The summed E-state index contributed by atoms with van der Waals surface area (Å²) in [5.74, 6) is 0. The maximum Gasteiger partial charge on any atom is 0.416 e.